The van der Waals surface area contributed by atoms with E-state index in [9.17, 15) is 4.79 Å². The molecular weight excluding hydrogens is 318 g/mol. The Morgan fingerprint density at radius 1 is 1.35 bits per heavy atom. The van der Waals surface area contributed by atoms with Crippen LogP contribution >= 0.6 is 15.9 Å². The molecule has 20 heavy (non-hydrogen) atoms. The molecule has 1 fully saturated rings. The van der Waals surface area contributed by atoms with E-state index < -0.39 is 5.60 Å². The molecule has 1 aromatic rings. The average Bonchev–Trinajstić information content (AvgIpc) is 2.39. The van der Waals surface area contributed by atoms with Gasteiger partial charge in [-0.25, -0.2) is 4.79 Å². The lowest BCUT2D eigenvalue weighted by Crippen LogP contribution is -2.86. The van der Waals surface area contributed by atoms with Gasteiger partial charge in [-0.1, -0.05) is 12.1 Å². The maximum absolute atomic E-state index is 12.5. The SMILES string of the molecule is Cc1cccc(Br)c1C(=O)OC(C)(C)C1CC[NH2+]CC1. The lowest BCUT2D eigenvalue weighted by Gasteiger charge is -2.35. The Morgan fingerprint density at radius 2 is 2.00 bits per heavy atom. The van der Waals surface area contributed by atoms with Crippen molar-refractivity contribution in [1.29, 1.82) is 0 Å². The minimum absolute atomic E-state index is 0.227. The van der Waals surface area contributed by atoms with E-state index in [1.165, 1.54) is 0 Å². The van der Waals surface area contributed by atoms with Crippen molar-refractivity contribution in [3.63, 3.8) is 0 Å². The van der Waals surface area contributed by atoms with Gasteiger partial charge in [-0.05, 0) is 48.3 Å². The largest absolute Gasteiger partial charge is 0.456 e. The second-order valence-corrected chi connectivity index (χ2v) is 6.92. The average molecular weight is 341 g/mol. The Morgan fingerprint density at radius 3 is 2.60 bits per heavy atom. The van der Waals surface area contributed by atoms with Crippen LogP contribution in [0.4, 0.5) is 0 Å². The lowest BCUT2D eigenvalue weighted by atomic mass is 9.83. The van der Waals surface area contributed by atoms with Gasteiger partial charge in [0.1, 0.15) is 5.60 Å². The molecule has 110 valence electrons. The van der Waals surface area contributed by atoms with Crippen molar-refractivity contribution < 1.29 is 14.8 Å². The zero-order valence-electron chi connectivity index (χ0n) is 12.4. The number of piperidine rings is 1. The molecule has 0 unspecified atom stereocenters. The minimum atomic E-state index is -0.410. The number of hydrogen-bond acceptors (Lipinski definition) is 2. The molecule has 0 spiro atoms. The summed E-state index contributed by atoms with van der Waals surface area (Å²) in [7, 11) is 0. The molecule has 1 heterocycles. The third kappa shape index (κ3) is 3.41. The van der Waals surface area contributed by atoms with Crippen LogP contribution in [-0.4, -0.2) is 24.7 Å². The molecule has 1 saturated heterocycles. The van der Waals surface area contributed by atoms with Crippen molar-refractivity contribution in [2.45, 2.75) is 39.2 Å². The second kappa shape index (κ2) is 6.27. The zero-order valence-corrected chi connectivity index (χ0v) is 14.0. The molecule has 0 atom stereocenters. The summed E-state index contributed by atoms with van der Waals surface area (Å²) < 4.78 is 6.64. The van der Waals surface area contributed by atoms with Crippen molar-refractivity contribution in [3.8, 4) is 0 Å². The molecule has 0 saturated carbocycles. The predicted molar refractivity (Wildman–Crippen MR) is 82.8 cm³/mol. The van der Waals surface area contributed by atoms with Crippen LogP contribution in [0, 0.1) is 12.8 Å². The Kier molecular flexibility index (Phi) is 4.86. The number of quaternary nitrogens is 1. The monoisotopic (exact) mass is 340 g/mol. The molecule has 0 radical (unpaired) electrons. The van der Waals surface area contributed by atoms with Gasteiger partial charge in [0.15, 0.2) is 0 Å². The summed E-state index contributed by atoms with van der Waals surface area (Å²) in [5, 5.41) is 2.33. The van der Waals surface area contributed by atoms with Crippen LogP contribution in [0.15, 0.2) is 22.7 Å². The summed E-state index contributed by atoms with van der Waals surface area (Å²) in [6, 6.07) is 5.74. The Bertz CT molecular complexity index is 473. The van der Waals surface area contributed by atoms with Crippen molar-refractivity contribution in [1.82, 2.24) is 0 Å². The van der Waals surface area contributed by atoms with E-state index in [0.717, 1.165) is 36.0 Å². The number of carbonyl (C=O) groups is 1. The van der Waals surface area contributed by atoms with Gasteiger partial charge >= 0.3 is 5.97 Å². The van der Waals surface area contributed by atoms with Gasteiger partial charge in [0.2, 0.25) is 0 Å². The molecule has 4 heteroatoms. The van der Waals surface area contributed by atoms with Gasteiger partial charge in [0.05, 0.1) is 18.7 Å². The van der Waals surface area contributed by atoms with Gasteiger partial charge in [-0.15, -0.1) is 0 Å². The molecule has 0 bridgehead atoms. The number of benzene rings is 1. The molecule has 1 aromatic carbocycles. The molecule has 0 aromatic heterocycles. The summed E-state index contributed by atoms with van der Waals surface area (Å²) in [6.07, 6.45) is 2.21. The molecule has 1 aliphatic heterocycles. The number of aryl methyl sites for hydroxylation is 1. The molecule has 1 aliphatic rings. The van der Waals surface area contributed by atoms with Gasteiger partial charge in [0, 0.05) is 23.2 Å². The highest BCUT2D eigenvalue weighted by atomic mass is 79.9. The molecule has 2 N–H and O–H groups in total. The fourth-order valence-electron chi connectivity index (χ4n) is 2.89. The lowest BCUT2D eigenvalue weighted by molar-refractivity contribution is -0.665. The maximum atomic E-state index is 12.5. The number of carbonyl (C=O) groups excluding carboxylic acids is 1. The minimum Gasteiger partial charge on any atom is -0.456 e. The highest BCUT2D eigenvalue weighted by Gasteiger charge is 2.36. The van der Waals surface area contributed by atoms with Crippen LogP contribution in [0.5, 0.6) is 0 Å². The van der Waals surface area contributed by atoms with Crippen molar-refractivity contribution in [2.75, 3.05) is 13.1 Å². The van der Waals surface area contributed by atoms with Gasteiger partial charge in [-0.3, -0.25) is 0 Å². The highest BCUT2D eigenvalue weighted by molar-refractivity contribution is 9.10. The highest BCUT2D eigenvalue weighted by Crippen LogP contribution is 2.30. The zero-order chi connectivity index (χ0) is 14.8. The first-order chi connectivity index (χ1) is 9.42. The van der Waals surface area contributed by atoms with E-state index in [4.69, 9.17) is 4.74 Å². The van der Waals surface area contributed by atoms with E-state index in [0.29, 0.717) is 11.5 Å². The molecular formula is C16H23BrNO2+. The van der Waals surface area contributed by atoms with Gasteiger partial charge in [-0.2, -0.15) is 0 Å². The number of halogens is 1. The topological polar surface area (TPSA) is 42.9 Å². The smallest absolute Gasteiger partial charge is 0.340 e. The standard InChI is InChI=1S/C16H22BrNO2/c1-11-5-4-6-13(17)14(11)15(19)20-16(2,3)12-7-9-18-10-8-12/h4-6,12,18H,7-10H2,1-3H3/p+1. The summed E-state index contributed by atoms with van der Waals surface area (Å²) in [4.78, 5) is 12.5. The summed E-state index contributed by atoms with van der Waals surface area (Å²) in [6.45, 7) is 8.25. The Balaban J connectivity index is 2.14. The van der Waals surface area contributed by atoms with Crippen LogP contribution in [0.3, 0.4) is 0 Å². The number of esters is 1. The Labute approximate surface area is 129 Å². The quantitative estimate of drug-likeness (QED) is 0.859. The van der Waals surface area contributed by atoms with Crippen LogP contribution < -0.4 is 5.32 Å². The van der Waals surface area contributed by atoms with Crippen LogP contribution in [0.1, 0.15) is 42.6 Å². The number of hydrogen-bond donors (Lipinski definition) is 1. The van der Waals surface area contributed by atoms with E-state index in [2.05, 4.69) is 21.2 Å². The first kappa shape index (κ1) is 15.5. The maximum Gasteiger partial charge on any atom is 0.340 e. The summed E-state index contributed by atoms with van der Waals surface area (Å²) in [5.74, 6) is 0.216. The third-order valence-corrected chi connectivity index (χ3v) is 4.86. The van der Waals surface area contributed by atoms with E-state index >= 15 is 0 Å². The van der Waals surface area contributed by atoms with Gasteiger partial charge in [0.25, 0.3) is 0 Å². The molecule has 3 nitrogen and oxygen atoms in total. The molecule has 2 rings (SSSR count). The van der Waals surface area contributed by atoms with Crippen LogP contribution in [0.2, 0.25) is 0 Å². The van der Waals surface area contributed by atoms with Crippen LogP contribution in [-0.2, 0) is 4.74 Å². The van der Waals surface area contributed by atoms with Crippen LogP contribution in [0.25, 0.3) is 0 Å². The first-order valence-corrected chi connectivity index (χ1v) is 8.01. The second-order valence-electron chi connectivity index (χ2n) is 6.07. The number of ether oxygens (including phenoxy) is 1. The fraction of sp³-hybridized carbons (Fsp3) is 0.562. The summed E-state index contributed by atoms with van der Waals surface area (Å²) >= 11 is 3.45. The predicted octanol–water partition coefficient (Wildman–Crippen LogP) is 2.67. The summed E-state index contributed by atoms with van der Waals surface area (Å²) in [5.41, 5.74) is 1.17. The number of nitrogens with two attached hydrogens (primary N) is 1. The van der Waals surface area contributed by atoms with E-state index in [1.54, 1.807) is 0 Å². The third-order valence-electron chi connectivity index (χ3n) is 4.20. The first-order valence-electron chi connectivity index (χ1n) is 7.22. The van der Waals surface area contributed by atoms with Crippen molar-refractivity contribution in [3.05, 3.63) is 33.8 Å². The normalized spacial score (nSPS) is 17.0. The van der Waals surface area contributed by atoms with E-state index in [1.807, 2.05) is 39.0 Å². The van der Waals surface area contributed by atoms with Crippen molar-refractivity contribution in [2.24, 2.45) is 5.92 Å². The molecule has 0 amide bonds. The molecule has 0 aliphatic carbocycles. The Hall–Kier alpha value is -0.870. The van der Waals surface area contributed by atoms with E-state index in [-0.39, 0.29) is 5.97 Å². The van der Waals surface area contributed by atoms with Crippen molar-refractivity contribution >= 4 is 21.9 Å². The number of rotatable bonds is 3. The van der Waals surface area contributed by atoms with Gasteiger partial charge < -0.3 is 10.1 Å². The fourth-order valence-corrected chi connectivity index (χ4v) is 3.51.